The Labute approximate surface area is 108 Å². The molecule has 1 aliphatic carbocycles. The van der Waals surface area contributed by atoms with Crippen molar-refractivity contribution in [2.75, 3.05) is 0 Å². The molecule has 0 bridgehead atoms. The van der Waals surface area contributed by atoms with Gasteiger partial charge in [0, 0.05) is 18.7 Å². The van der Waals surface area contributed by atoms with E-state index in [-0.39, 0.29) is 5.56 Å². The first-order valence-electron chi connectivity index (χ1n) is 6.16. The van der Waals surface area contributed by atoms with E-state index < -0.39 is 5.82 Å². The van der Waals surface area contributed by atoms with Gasteiger partial charge in [-0.25, -0.2) is 14.4 Å². The number of pyridine rings is 1. The normalized spacial score (nSPS) is 14.6. The summed E-state index contributed by atoms with van der Waals surface area (Å²) in [6, 6.07) is 4.79. The van der Waals surface area contributed by atoms with E-state index in [9.17, 15) is 9.18 Å². The van der Waals surface area contributed by atoms with Gasteiger partial charge in [0.2, 0.25) is 0 Å². The first-order chi connectivity index (χ1) is 9.20. The van der Waals surface area contributed by atoms with Gasteiger partial charge in [-0.2, -0.15) is 0 Å². The Kier molecular flexibility index (Phi) is 3.08. The number of hydrogen-bond donors (Lipinski definition) is 2. The molecule has 98 valence electrons. The second-order valence-corrected chi connectivity index (χ2v) is 4.60. The molecule has 19 heavy (non-hydrogen) atoms. The van der Waals surface area contributed by atoms with Crippen molar-refractivity contribution in [3.05, 3.63) is 46.3 Å². The number of rotatable bonds is 4. The zero-order chi connectivity index (χ0) is 13.2. The molecule has 2 aromatic heterocycles. The fourth-order valence-electron chi connectivity index (χ4n) is 1.77. The maximum absolute atomic E-state index is 12.8. The smallest absolute Gasteiger partial charge is 0.251 e. The molecule has 0 spiro atoms. The summed E-state index contributed by atoms with van der Waals surface area (Å²) in [5.41, 5.74) is 0.882. The molecule has 0 aromatic carbocycles. The van der Waals surface area contributed by atoms with Crippen LogP contribution in [0.15, 0.2) is 29.2 Å². The lowest BCUT2D eigenvalue weighted by molar-refractivity contribution is 0.621. The van der Waals surface area contributed by atoms with Crippen LogP contribution >= 0.6 is 0 Å². The standard InChI is InChI=1S/C13H13FN4O/c14-8-1-4-11(16-6-8)13-17-10(5-12(19)18-13)7-15-9-2-3-9/h1,4-6,9,15H,2-3,7H2,(H,17,18,19). The fourth-order valence-corrected chi connectivity index (χ4v) is 1.77. The van der Waals surface area contributed by atoms with Crippen LogP contribution in [0.5, 0.6) is 0 Å². The summed E-state index contributed by atoms with van der Waals surface area (Å²) in [7, 11) is 0. The highest BCUT2D eigenvalue weighted by atomic mass is 19.1. The van der Waals surface area contributed by atoms with Gasteiger partial charge in [-0.3, -0.25) is 4.79 Å². The first kappa shape index (κ1) is 12.0. The van der Waals surface area contributed by atoms with Crippen LogP contribution in [0.25, 0.3) is 11.5 Å². The Hall–Kier alpha value is -2.08. The molecule has 1 aliphatic rings. The highest BCUT2D eigenvalue weighted by Crippen LogP contribution is 2.19. The van der Waals surface area contributed by atoms with Crippen LogP contribution in [0.4, 0.5) is 4.39 Å². The Morgan fingerprint density at radius 1 is 1.42 bits per heavy atom. The molecular weight excluding hydrogens is 247 g/mol. The highest BCUT2D eigenvalue weighted by Gasteiger charge is 2.20. The number of halogens is 1. The van der Waals surface area contributed by atoms with Gasteiger partial charge in [0.15, 0.2) is 5.82 Å². The zero-order valence-corrected chi connectivity index (χ0v) is 10.2. The summed E-state index contributed by atoms with van der Waals surface area (Å²) in [6.07, 6.45) is 3.45. The van der Waals surface area contributed by atoms with Gasteiger partial charge in [-0.15, -0.1) is 0 Å². The summed E-state index contributed by atoms with van der Waals surface area (Å²) in [6.45, 7) is 0.558. The van der Waals surface area contributed by atoms with Crippen LogP contribution in [0, 0.1) is 5.82 Å². The van der Waals surface area contributed by atoms with E-state index in [1.165, 1.54) is 31.0 Å². The van der Waals surface area contributed by atoms with Crippen molar-refractivity contribution in [2.45, 2.75) is 25.4 Å². The van der Waals surface area contributed by atoms with Gasteiger partial charge in [0.05, 0.1) is 11.9 Å². The number of aromatic nitrogens is 3. The van der Waals surface area contributed by atoms with Crippen LogP contribution in [0.1, 0.15) is 18.5 Å². The van der Waals surface area contributed by atoms with E-state index >= 15 is 0 Å². The van der Waals surface area contributed by atoms with E-state index in [2.05, 4.69) is 20.3 Å². The van der Waals surface area contributed by atoms with Crippen molar-refractivity contribution in [3.8, 4) is 11.5 Å². The lowest BCUT2D eigenvalue weighted by Crippen LogP contribution is -2.19. The van der Waals surface area contributed by atoms with Crippen molar-refractivity contribution in [2.24, 2.45) is 0 Å². The number of nitrogens with zero attached hydrogens (tertiary/aromatic N) is 2. The Morgan fingerprint density at radius 3 is 2.95 bits per heavy atom. The minimum atomic E-state index is -0.419. The number of nitrogens with one attached hydrogen (secondary N) is 2. The van der Waals surface area contributed by atoms with Crippen LogP contribution in [0.2, 0.25) is 0 Å². The molecule has 0 aliphatic heterocycles. The lowest BCUT2D eigenvalue weighted by Gasteiger charge is -2.04. The zero-order valence-electron chi connectivity index (χ0n) is 10.2. The minimum Gasteiger partial charge on any atom is -0.308 e. The van der Waals surface area contributed by atoms with E-state index in [0.29, 0.717) is 29.8 Å². The molecule has 2 N–H and O–H groups in total. The maximum Gasteiger partial charge on any atom is 0.251 e. The van der Waals surface area contributed by atoms with E-state index in [1.54, 1.807) is 0 Å². The molecule has 6 heteroatoms. The molecule has 0 radical (unpaired) electrons. The van der Waals surface area contributed by atoms with E-state index in [1.807, 2.05) is 0 Å². The average molecular weight is 260 g/mol. The maximum atomic E-state index is 12.8. The van der Waals surface area contributed by atoms with Crippen molar-refractivity contribution in [1.29, 1.82) is 0 Å². The van der Waals surface area contributed by atoms with Gasteiger partial charge >= 0.3 is 0 Å². The van der Waals surface area contributed by atoms with Gasteiger partial charge in [0.25, 0.3) is 5.56 Å². The third-order valence-corrected chi connectivity index (χ3v) is 2.91. The summed E-state index contributed by atoms with van der Waals surface area (Å²) < 4.78 is 12.8. The highest BCUT2D eigenvalue weighted by molar-refractivity contribution is 5.48. The van der Waals surface area contributed by atoms with Crippen LogP contribution < -0.4 is 10.9 Å². The SMILES string of the molecule is O=c1cc(CNC2CC2)nc(-c2ccc(F)cn2)[nH]1. The lowest BCUT2D eigenvalue weighted by atomic mass is 10.3. The van der Waals surface area contributed by atoms with Crippen molar-refractivity contribution in [3.63, 3.8) is 0 Å². The second-order valence-electron chi connectivity index (χ2n) is 4.60. The summed E-state index contributed by atoms with van der Waals surface area (Å²) in [4.78, 5) is 22.4. The van der Waals surface area contributed by atoms with Crippen LogP contribution in [0.3, 0.4) is 0 Å². The Bertz CT molecular complexity index is 634. The van der Waals surface area contributed by atoms with Crippen LogP contribution in [-0.2, 0) is 6.54 Å². The summed E-state index contributed by atoms with van der Waals surface area (Å²) >= 11 is 0. The third kappa shape index (κ3) is 3.03. The molecule has 0 atom stereocenters. The molecule has 0 amide bonds. The van der Waals surface area contributed by atoms with Crippen molar-refractivity contribution in [1.82, 2.24) is 20.3 Å². The molecule has 0 saturated heterocycles. The Balaban J connectivity index is 1.87. The fraction of sp³-hybridized carbons (Fsp3) is 0.308. The predicted octanol–water partition coefficient (Wildman–Crippen LogP) is 1.22. The first-order valence-corrected chi connectivity index (χ1v) is 6.16. The predicted molar refractivity (Wildman–Crippen MR) is 67.9 cm³/mol. The van der Waals surface area contributed by atoms with Gasteiger partial charge in [-0.05, 0) is 25.0 Å². The monoisotopic (exact) mass is 260 g/mol. The molecule has 5 nitrogen and oxygen atoms in total. The van der Waals surface area contributed by atoms with Crippen molar-refractivity contribution < 1.29 is 4.39 Å². The van der Waals surface area contributed by atoms with Gasteiger partial charge < -0.3 is 10.3 Å². The number of aromatic amines is 1. The average Bonchev–Trinajstić information content (AvgIpc) is 3.20. The number of hydrogen-bond acceptors (Lipinski definition) is 4. The van der Waals surface area contributed by atoms with E-state index in [0.717, 1.165) is 6.20 Å². The minimum absolute atomic E-state index is 0.233. The molecular formula is C13H13FN4O. The van der Waals surface area contributed by atoms with Gasteiger partial charge in [-0.1, -0.05) is 0 Å². The van der Waals surface area contributed by atoms with E-state index in [4.69, 9.17) is 0 Å². The molecule has 2 aromatic rings. The molecule has 0 unspecified atom stereocenters. The third-order valence-electron chi connectivity index (χ3n) is 2.91. The second kappa shape index (κ2) is 4.89. The molecule has 1 saturated carbocycles. The molecule has 2 heterocycles. The Morgan fingerprint density at radius 2 is 2.26 bits per heavy atom. The molecule has 1 fully saturated rings. The quantitative estimate of drug-likeness (QED) is 0.867. The number of H-pyrrole nitrogens is 1. The topological polar surface area (TPSA) is 70.7 Å². The van der Waals surface area contributed by atoms with Gasteiger partial charge in [0.1, 0.15) is 11.5 Å². The molecule has 3 rings (SSSR count). The largest absolute Gasteiger partial charge is 0.308 e. The van der Waals surface area contributed by atoms with Crippen molar-refractivity contribution >= 4 is 0 Å². The summed E-state index contributed by atoms with van der Waals surface area (Å²) in [5, 5.41) is 3.29. The van der Waals surface area contributed by atoms with Crippen LogP contribution in [-0.4, -0.2) is 21.0 Å². The summed E-state index contributed by atoms with van der Waals surface area (Å²) in [5.74, 6) is -0.0576.